The lowest BCUT2D eigenvalue weighted by atomic mass is 10.4. The molecule has 1 aliphatic carbocycles. The van der Waals surface area contributed by atoms with Crippen molar-refractivity contribution in [3.63, 3.8) is 0 Å². The third-order valence-corrected chi connectivity index (χ3v) is 2.71. The van der Waals surface area contributed by atoms with Gasteiger partial charge in [-0.3, -0.25) is 0 Å². The van der Waals surface area contributed by atoms with Crippen LogP contribution in [-0.2, 0) is 6.54 Å². The van der Waals surface area contributed by atoms with Gasteiger partial charge in [0.1, 0.15) is 6.54 Å². The molecule has 0 unspecified atom stereocenters. The van der Waals surface area contributed by atoms with E-state index < -0.39 is 12.7 Å². The maximum absolute atomic E-state index is 12.4. The zero-order chi connectivity index (χ0) is 13.9. The van der Waals surface area contributed by atoms with E-state index in [0.717, 1.165) is 17.7 Å². The summed E-state index contributed by atoms with van der Waals surface area (Å²) in [5, 5.41) is 10.6. The van der Waals surface area contributed by atoms with Gasteiger partial charge in [-0.2, -0.15) is 13.2 Å². The van der Waals surface area contributed by atoms with E-state index in [1.165, 1.54) is 0 Å². The van der Waals surface area contributed by atoms with Crippen LogP contribution >= 0.6 is 0 Å². The molecule has 0 amide bonds. The average molecular weight is 278 g/mol. The van der Waals surface area contributed by atoms with Gasteiger partial charge in [-0.25, -0.2) is 0 Å². The normalized spacial score (nSPS) is 15.8. The Morgan fingerprint density at radius 3 is 2.68 bits per heavy atom. The van der Waals surface area contributed by atoms with Crippen molar-refractivity contribution in [2.24, 2.45) is 0 Å². The molecule has 1 aromatic rings. The van der Waals surface area contributed by atoms with Gasteiger partial charge in [-0.05, 0) is 19.3 Å². The molecule has 2 rings (SSSR count). The fourth-order valence-electron chi connectivity index (χ4n) is 1.69. The molecule has 0 aromatic carbocycles. The van der Waals surface area contributed by atoms with Gasteiger partial charge >= 0.3 is 12.2 Å². The topological polar surface area (TPSA) is 54.2 Å². The third kappa shape index (κ3) is 4.70. The van der Waals surface area contributed by atoms with E-state index >= 15 is 0 Å². The number of nitrogens with one attached hydrogen (secondary N) is 1. The Labute approximate surface area is 109 Å². The van der Waals surface area contributed by atoms with Crippen molar-refractivity contribution in [3.8, 4) is 0 Å². The summed E-state index contributed by atoms with van der Waals surface area (Å²) in [5.41, 5.74) is 0. The van der Waals surface area contributed by atoms with Gasteiger partial charge in [0.15, 0.2) is 0 Å². The van der Waals surface area contributed by atoms with Gasteiger partial charge in [0.05, 0.1) is 6.54 Å². The van der Waals surface area contributed by atoms with Gasteiger partial charge < -0.3 is 14.6 Å². The minimum absolute atomic E-state index is 0.0632. The Morgan fingerprint density at radius 2 is 2.11 bits per heavy atom. The highest BCUT2D eigenvalue weighted by atomic mass is 19.4. The number of alkyl halides is 3. The van der Waals surface area contributed by atoms with Crippen LogP contribution in [0.15, 0.2) is 4.42 Å². The first-order chi connectivity index (χ1) is 8.98. The second-order valence-electron chi connectivity index (χ2n) is 4.67. The third-order valence-electron chi connectivity index (χ3n) is 2.71. The van der Waals surface area contributed by atoms with Crippen molar-refractivity contribution < 1.29 is 17.6 Å². The van der Waals surface area contributed by atoms with Crippen LogP contribution in [0.25, 0.3) is 0 Å². The molecule has 0 atom stereocenters. The van der Waals surface area contributed by atoms with Crippen LogP contribution in [0, 0.1) is 0 Å². The Hall–Kier alpha value is -1.31. The molecule has 0 radical (unpaired) electrons. The number of hydrogen-bond donors (Lipinski definition) is 1. The van der Waals surface area contributed by atoms with Gasteiger partial charge in [0, 0.05) is 12.6 Å². The fourth-order valence-corrected chi connectivity index (χ4v) is 1.69. The van der Waals surface area contributed by atoms with E-state index in [1.54, 1.807) is 6.92 Å². The van der Waals surface area contributed by atoms with Crippen molar-refractivity contribution in [1.82, 2.24) is 15.5 Å². The van der Waals surface area contributed by atoms with Crippen LogP contribution < -0.4 is 10.2 Å². The molecule has 1 N–H and O–H groups in total. The highest BCUT2D eigenvalue weighted by Crippen LogP contribution is 2.22. The predicted molar refractivity (Wildman–Crippen MR) is 62.7 cm³/mol. The molecule has 1 saturated carbocycles. The van der Waals surface area contributed by atoms with Crippen LogP contribution in [0.2, 0.25) is 0 Å². The van der Waals surface area contributed by atoms with Gasteiger partial charge in [-0.15, -0.1) is 5.10 Å². The Bertz CT molecular complexity index is 403. The molecule has 108 valence electrons. The van der Waals surface area contributed by atoms with E-state index in [2.05, 4.69) is 15.5 Å². The van der Waals surface area contributed by atoms with Crippen molar-refractivity contribution in [2.45, 2.75) is 44.9 Å². The molecule has 8 heteroatoms. The molecule has 19 heavy (non-hydrogen) atoms. The standard InChI is InChI=1S/C11H17F3N4O/c1-2-5-18(7-11(12,13)14)10-17-16-9(19-10)6-15-8-3-4-8/h8,15H,2-7H2,1H3. The van der Waals surface area contributed by atoms with E-state index in [1.807, 2.05) is 0 Å². The number of anilines is 1. The largest absolute Gasteiger partial charge is 0.407 e. The van der Waals surface area contributed by atoms with Crippen molar-refractivity contribution >= 4 is 6.01 Å². The van der Waals surface area contributed by atoms with E-state index in [9.17, 15) is 13.2 Å². The molecule has 1 heterocycles. The van der Waals surface area contributed by atoms with Gasteiger partial charge in [0.25, 0.3) is 0 Å². The maximum Gasteiger partial charge on any atom is 0.406 e. The van der Waals surface area contributed by atoms with E-state index in [-0.39, 0.29) is 12.6 Å². The summed E-state index contributed by atoms with van der Waals surface area (Å²) in [6, 6.07) is 0.420. The lowest BCUT2D eigenvalue weighted by Gasteiger charge is -2.20. The average Bonchev–Trinajstić information content (AvgIpc) is 3.02. The highest BCUT2D eigenvalue weighted by Gasteiger charge is 2.32. The number of halogens is 3. The maximum atomic E-state index is 12.4. The molecule has 5 nitrogen and oxygen atoms in total. The molecule has 1 aliphatic rings. The van der Waals surface area contributed by atoms with Crippen LogP contribution in [0.3, 0.4) is 0 Å². The number of rotatable bonds is 7. The van der Waals surface area contributed by atoms with Crippen LogP contribution in [0.4, 0.5) is 19.2 Å². The SMILES string of the molecule is CCCN(CC(F)(F)F)c1nnc(CNC2CC2)o1. The smallest absolute Gasteiger partial charge is 0.406 e. The van der Waals surface area contributed by atoms with Gasteiger partial charge in [-0.1, -0.05) is 12.0 Å². The number of aromatic nitrogens is 2. The zero-order valence-electron chi connectivity index (χ0n) is 10.7. The lowest BCUT2D eigenvalue weighted by molar-refractivity contribution is -0.120. The van der Waals surface area contributed by atoms with Crippen molar-refractivity contribution in [1.29, 1.82) is 0 Å². The summed E-state index contributed by atoms with van der Waals surface area (Å²) < 4.78 is 42.6. The predicted octanol–water partition coefficient (Wildman–Crippen LogP) is 2.10. The molecule has 1 fully saturated rings. The molecule has 0 spiro atoms. The minimum Gasteiger partial charge on any atom is -0.407 e. The summed E-state index contributed by atoms with van der Waals surface area (Å²) in [4.78, 5) is 1.06. The second-order valence-corrected chi connectivity index (χ2v) is 4.67. The lowest BCUT2D eigenvalue weighted by Crippen LogP contribution is -2.35. The molecule has 0 saturated heterocycles. The first-order valence-electron chi connectivity index (χ1n) is 6.35. The van der Waals surface area contributed by atoms with Crippen LogP contribution in [0.1, 0.15) is 32.1 Å². The quantitative estimate of drug-likeness (QED) is 0.827. The minimum atomic E-state index is -4.28. The summed E-state index contributed by atoms with van der Waals surface area (Å²) in [5.74, 6) is 0.324. The Morgan fingerprint density at radius 1 is 1.37 bits per heavy atom. The monoisotopic (exact) mass is 278 g/mol. The Balaban J connectivity index is 1.95. The number of hydrogen-bond acceptors (Lipinski definition) is 5. The zero-order valence-corrected chi connectivity index (χ0v) is 10.7. The molecule has 0 aliphatic heterocycles. The summed E-state index contributed by atoms with van der Waals surface area (Å²) >= 11 is 0. The van der Waals surface area contributed by atoms with Crippen LogP contribution in [-0.4, -0.2) is 35.5 Å². The van der Waals surface area contributed by atoms with Crippen molar-refractivity contribution in [3.05, 3.63) is 5.89 Å². The van der Waals surface area contributed by atoms with E-state index in [0.29, 0.717) is 24.9 Å². The Kier molecular flexibility index (Phi) is 4.28. The summed E-state index contributed by atoms with van der Waals surface area (Å²) in [6.07, 6.45) is -1.46. The first-order valence-corrected chi connectivity index (χ1v) is 6.35. The van der Waals surface area contributed by atoms with Crippen LogP contribution in [0.5, 0.6) is 0 Å². The van der Waals surface area contributed by atoms with Gasteiger partial charge in [0.2, 0.25) is 5.89 Å². The molecular formula is C11H17F3N4O. The van der Waals surface area contributed by atoms with E-state index in [4.69, 9.17) is 4.42 Å². The van der Waals surface area contributed by atoms with Crippen molar-refractivity contribution in [2.75, 3.05) is 18.0 Å². The number of nitrogens with zero attached hydrogens (tertiary/aromatic N) is 3. The molecule has 0 bridgehead atoms. The fraction of sp³-hybridized carbons (Fsp3) is 0.818. The second kappa shape index (κ2) is 5.77. The molecule has 1 aromatic heterocycles. The molecular weight excluding hydrogens is 261 g/mol. The highest BCUT2D eigenvalue weighted by molar-refractivity contribution is 5.24. The summed E-state index contributed by atoms with van der Waals surface area (Å²) in [6.45, 7) is 1.37. The first kappa shape index (κ1) is 14.1. The summed E-state index contributed by atoms with van der Waals surface area (Å²) in [7, 11) is 0.